The predicted molar refractivity (Wildman–Crippen MR) is 77.5 cm³/mol. The number of sulfonamides is 1. The summed E-state index contributed by atoms with van der Waals surface area (Å²) in [6, 6.07) is 5.88. The quantitative estimate of drug-likeness (QED) is 0.898. The molecule has 4 nitrogen and oxygen atoms in total. The minimum atomic E-state index is -3.68. The van der Waals surface area contributed by atoms with E-state index in [1.807, 2.05) is 0 Å². The lowest BCUT2D eigenvalue weighted by molar-refractivity contribution is 0.282. The molecular weight excluding hydrogens is 329 g/mol. The highest BCUT2D eigenvalue weighted by Gasteiger charge is 2.17. The van der Waals surface area contributed by atoms with E-state index in [0.717, 1.165) is 11.3 Å². The van der Waals surface area contributed by atoms with Crippen molar-refractivity contribution in [2.45, 2.75) is 10.8 Å². The van der Waals surface area contributed by atoms with Gasteiger partial charge in [0.05, 0.1) is 22.3 Å². The largest absolute Gasteiger partial charge is 0.392 e. The number of hydrogen-bond acceptors (Lipinski definition) is 4. The second-order valence-corrected chi connectivity index (χ2v) is 7.30. The van der Waals surface area contributed by atoms with Gasteiger partial charge in [-0.3, -0.25) is 4.72 Å². The Hall–Kier alpha value is -0.790. The van der Waals surface area contributed by atoms with E-state index in [2.05, 4.69) is 4.72 Å². The maximum absolute atomic E-state index is 12.1. The molecule has 1 aromatic heterocycles. The van der Waals surface area contributed by atoms with Crippen molar-refractivity contribution in [3.63, 3.8) is 0 Å². The lowest BCUT2D eigenvalue weighted by Crippen LogP contribution is -2.11. The first kappa shape index (κ1) is 14.6. The fourth-order valence-corrected chi connectivity index (χ4v) is 3.89. The zero-order valence-corrected chi connectivity index (χ0v) is 12.6. The summed E-state index contributed by atoms with van der Waals surface area (Å²) in [5, 5.41) is 11.1. The molecule has 0 aliphatic heterocycles. The van der Waals surface area contributed by atoms with Gasteiger partial charge < -0.3 is 5.11 Å². The number of nitrogens with one attached hydrogen (secondary N) is 1. The van der Waals surface area contributed by atoms with Crippen molar-refractivity contribution in [1.82, 2.24) is 0 Å². The predicted octanol–water partition coefficient (Wildman–Crippen LogP) is 3.35. The number of aliphatic hydroxyl groups excluding tert-OH is 1. The Morgan fingerprint density at radius 1 is 1.21 bits per heavy atom. The van der Waals surface area contributed by atoms with Crippen LogP contribution < -0.4 is 4.72 Å². The number of anilines is 1. The van der Waals surface area contributed by atoms with Crippen LogP contribution in [0.1, 0.15) is 5.56 Å². The summed E-state index contributed by atoms with van der Waals surface area (Å²) in [6.45, 7) is -0.196. The second kappa shape index (κ2) is 5.68. The maximum atomic E-state index is 12.1. The van der Waals surface area contributed by atoms with E-state index in [9.17, 15) is 8.42 Å². The molecule has 2 aromatic rings. The summed E-state index contributed by atoms with van der Waals surface area (Å²) >= 11 is 12.6. The molecule has 0 unspecified atom stereocenters. The van der Waals surface area contributed by atoms with Crippen molar-refractivity contribution in [1.29, 1.82) is 0 Å². The molecule has 2 rings (SSSR count). The normalized spacial score (nSPS) is 11.5. The highest BCUT2D eigenvalue weighted by molar-refractivity contribution is 7.94. The molecule has 0 atom stereocenters. The van der Waals surface area contributed by atoms with Crippen LogP contribution in [0, 0.1) is 0 Å². The molecule has 0 saturated heterocycles. The second-order valence-electron chi connectivity index (χ2n) is 3.67. The number of aliphatic hydroxyl groups is 1. The molecule has 0 amide bonds. The van der Waals surface area contributed by atoms with Crippen LogP contribution in [0.2, 0.25) is 10.0 Å². The highest BCUT2D eigenvalue weighted by Crippen LogP contribution is 2.28. The highest BCUT2D eigenvalue weighted by atomic mass is 35.5. The molecule has 1 heterocycles. The Labute approximate surface area is 124 Å². The van der Waals surface area contributed by atoms with Gasteiger partial charge in [0.25, 0.3) is 10.0 Å². The molecule has 0 aliphatic rings. The Morgan fingerprint density at radius 2 is 1.95 bits per heavy atom. The van der Waals surface area contributed by atoms with Gasteiger partial charge in [-0.05, 0) is 35.2 Å². The van der Waals surface area contributed by atoms with Crippen LogP contribution in [-0.4, -0.2) is 13.5 Å². The summed E-state index contributed by atoms with van der Waals surface area (Å²) in [5.74, 6) is 0. The Morgan fingerprint density at radius 3 is 2.53 bits per heavy atom. The number of hydrogen-bond donors (Lipinski definition) is 2. The van der Waals surface area contributed by atoms with Crippen LogP contribution in [0.25, 0.3) is 0 Å². The topological polar surface area (TPSA) is 66.4 Å². The van der Waals surface area contributed by atoms with Crippen molar-refractivity contribution in [2.75, 3.05) is 4.72 Å². The molecule has 0 saturated carbocycles. The van der Waals surface area contributed by atoms with Gasteiger partial charge in [0, 0.05) is 0 Å². The van der Waals surface area contributed by atoms with Crippen LogP contribution in [0.15, 0.2) is 33.9 Å². The van der Waals surface area contributed by atoms with E-state index < -0.39 is 10.0 Å². The first-order valence-corrected chi connectivity index (χ1v) is 8.20. The third-order valence-corrected chi connectivity index (χ3v) is 5.86. The zero-order valence-electron chi connectivity index (χ0n) is 9.43. The van der Waals surface area contributed by atoms with Crippen LogP contribution in [0.3, 0.4) is 0 Å². The van der Waals surface area contributed by atoms with Gasteiger partial charge in [-0.15, -0.1) is 11.3 Å². The summed E-state index contributed by atoms with van der Waals surface area (Å²) in [5.41, 5.74) is 0.882. The van der Waals surface area contributed by atoms with Crippen molar-refractivity contribution >= 4 is 50.2 Å². The monoisotopic (exact) mass is 337 g/mol. The van der Waals surface area contributed by atoms with Gasteiger partial charge in [0.2, 0.25) is 0 Å². The molecule has 8 heteroatoms. The number of thiophene rings is 1. The van der Waals surface area contributed by atoms with E-state index in [1.54, 1.807) is 5.38 Å². The molecule has 102 valence electrons. The molecule has 0 radical (unpaired) electrons. The van der Waals surface area contributed by atoms with Gasteiger partial charge in [-0.25, -0.2) is 8.42 Å². The van der Waals surface area contributed by atoms with Gasteiger partial charge in [-0.2, -0.15) is 0 Å². The summed E-state index contributed by atoms with van der Waals surface area (Å²) in [4.78, 5) is 0. The average Bonchev–Trinajstić information content (AvgIpc) is 2.83. The lowest BCUT2D eigenvalue weighted by atomic mass is 10.3. The molecule has 1 aromatic carbocycles. The third-order valence-electron chi connectivity index (χ3n) is 2.25. The van der Waals surface area contributed by atoms with E-state index >= 15 is 0 Å². The van der Waals surface area contributed by atoms with Crippen LogP contribution in [0.4, 0.5) is 5.69 Å². The molecule has 0 fully saturated rings. The van der Waals surface area contributed by atoms with E-state index in [-0.39, 0.29) is 15.8 Å². The number of halogens is 2. The van der Waals surface area contributed by atoms with Gasteiger partial charge >= 0.3 is 0 Å². The minimum absolute atomic E-state index is 0.127. The van der Waals surface area contributed by atoms with Gasteiger partial charge in [0.15, 0.2) is 0 Å². The molecule has 0 spiro atoms. The van der Waals surface area contributed by atoms with Crippen LogP contribution in [-0.2, 0) is 16.6 Å². The molecule has 2 N–H and O–H groups in total. The Balaban J connectivity index is 2.28. The summed E-state index contributed by atoms with van der Waals surface area (Å²) in [6.07, 6.45) is 0. The van der Waals surface area contributed by atoms with Crippen molar-refractivity contribution in [3.8, 4) is 0 Å². The van der Waals surface area contributed by atoms with Crippen molar-refractivity contribution < 1.29 is 13.5 Å². The molecule has 19 heavy (non-hydrogen) atoms. The smallest absolute Gasteiger partial charge is 0.271 e. The first-order valence-electron chi connectivity index (χ1n) is 5.08. The van der Waals surface area contributed by atoms with Crippen molar-refractivity contribution in [2.24, 2.45) is 0 Å². The van der Waals surface area contributed by atoms with Crippen LogP contribution >= 0.6 is 34.5 Å². The van der Waals surface area contributed by atoms with Gasteiger partial charge in [-0.1, -0.05) is 23.2 Å². The fourth-order valence-electron chi connectivity index (χ4n) is 1.34. The van der Waals surface area contributed by atoms with Gasteiger partial charge in [0.1, 0.15) is 4.21 Å². The van der Waals surface area contributed by atoms with Crippen LogP contribution in [0.5, 0.6) is 0 Å². The Kier molecular flexibility index (Phi) is 4.37. The maximum Gasteiger partial charge on any atom is 0.271 e. The third kappa shape index (κ3) is 3.40. The molecule has 0 bridgehead atoms. The Bertz CT molecular complexity index is 698. The fraction of sp³-hybridized carbons (Fsp3) is 0.0909. The summed E-state index contributed by atoms with van der Waals surface area (Å²) in [7, 11) is -3.68. The van der Waals surface area contributed by atoms with E-state index in [4.69, 9.17) is 28.3 Å². The SMILES string of the molecule is O=S(=O)(Nc1ccc(Cl)c(Cl)c1)c1cc(CO)cs1. The van der Waals surface area contributed by atoms with E-state index in [1.165, 1.54) is 24.3 Å². The molecular formula is C11H9Cl2NO3S2. The standard InChI is InChI=1S/C11H9Cl2NO3S2/c12-9-2-1-8(4-10(9)13)14-19(16,17)11-3-7(5-15)6-18-11/h1-4,6,14-15H,5H2. The average molecular weight is 338 g/mol. The molecule has 0 aliphatic carbocycles. The lowest BCUT2D eigenvalue weighted by Gasteiger charge is -2.07. The van der Waals surface area contributed by atoms with E-state index in [0.29, 0.717) is 16.3 Å². The first-order chi connectivity index (χ1) is 8.92. The van der Waals surface area contributed by atoms with Crippen molar-refractivity contribution in [3.05, 3.63) is 45.3 Å². The zero-order chi connectivity index (χ0) is 14.0. The number of benzene rings is 1. The summed E-state index contributed by atoms with van der Waals surface area (Å²) < 4.78 is 26.7. The number of rotatable bonds is 4. The minimum Gasteiger partial charge on any atom is -0.392 e.